The third-order valence-corrected chi connectivity index (χ3v) is 7.52. The lowest BCUT2D eigenvalue weighted by Crippen LogP contribution is -2.53. The zero-order chi connectivity index (χ0) is 25.2. The minimum Gasteiger partial charge on any atom is -0.479 e. The van der Waals surface area contributed by atoms with Crippen LogP contribution in [0.1, 0.15) is 69.9 Å². The molecule has 1 unspecified atom stereocenters. The highest BCUT2D eigenvalue weighted by Crippen LogP contribution is 2.44. The minimum atomic E-state index is -1.11. The molecular weight excluding hydrogens is 444 g/mol. The van der Waals surface area contributed by atoms with Gasteiger partial charge in [0.15, 0.2) is 0 Å². The van der Waals surface area contributed by atoms with Crippen molar-refractivity contribution in [3.05, 3.63) is 59.7 Å². The Balaban J connectivity index is 1.33. The van der Waals surface area contributed by atoms with Crippen LogP contribution in [0.4, 0.5) is 4.79 Å². The van der Waals surface area contributed by atoms with Crippen molar-refractivity contribution in [2.45, 2.75) is 69.9 Å². The molecule has 1 aliphatic heterocycles. The van der Waals surface area contributed by atoms with Gasteiger partial charge in [-0.05, 0) is 61.8 Å². The summed E-state index contributed by atoms with van der Waals surface area (Å²) in [6.07, 6.45) is 1.56. The van der Waals surface area contributed by atoms with Gasteiger partial charge in [0.05, 0.1) is 0 Å². The molecule has 2 N–H and O–H groups in total. The van der Waals surface area contributed by atoms with Crippen LogP contribution in [0.3, 0.4) is 0 Å². The lowest BCUT2D eigenvalue weighted by Gasteiger charge is -2.35. The number of ether oxygens (including phenoxy) is 1. The third-order valence-electron chi connectivity index (χ3n) is 7.52. The van der Waals surface area contributed by atoms with Gasteiger partial charge in [0.2, 0.25) is 5.91 Å². The van der Waals surface area contributed by atoms with Crippen LogP contribution in [-0.4, -0.2) is 52.2 Å². The molecule has 7 nitrogen and oxygen atoms in total. The van der Waals surface area contributed by atoms with Gasteiger partial charge in [0.25, 0.3) is 0 Å². The summed E-state index contributed by atoms with van der Waals surface area (Å²) in [6, 6.07) is 16.3. The Morgan fingerprint density at radius 3 is 2.26 bits per heavy atom. The average molecular weight is 479 g/mol. The molecule has 0 spiro atoms. The number of hydrogen-bond acceptors (Lipinski definition) is 4. The number of benzene rings is 2. The number of fused-ring (bicyclic) bond motifs is 3. The van der Waals surface area contributed by atoms with E-state index in [4.69, 9.17) is 4.74 Å². The van der Waals surface area contributed by atoms with Crippen LogP contribution in [0.2, 0.25) is 0 Å². The van der Waals surface area contributed by atoms with Crippen LogP contribution in [-0.2, 0) is 14.3 Å². The Labute approximate surface area is 206 Å². The molecule has 0 bridgehead atoms. The molecule has 2 aromatic rings. The van der Waals surface area contributed by atoms with Crippen LogP contribution < -0.4 is 5.32 Å². The molecule has 1 atom stereocenters. The standard InChI is InChI=1S/C28H34N2O5/c1-4-28(25(32)33)15-9-17-30(28)24(31)14-16-27(2,3)29-26(34)35-18-23-21-12-7-5-10-19(21)20-11-6-8-13-22(20)23/h5-8,10-13,23H,4,9,14-18H2,1-3H3,(H,29,34)(H,32,33). The topological polar surface area (TPSA) is 95.9 Å². The van der Waals surface area contributed by atoms with Gasteiger partial charge in [-0.15, -0.1) is 0 Å². The molecule has 4 rings (SSSR count). The molecule has 186 valence electrons. The van der Waals surface area contributed by atoms with Gasteiger partial charge in [0, 0.05) is 24.4 Å². The van der Waals surface area contributed by atoms with E-state index in [1.165, 1.54) is 16.0 Å². The molecule has 2 aliphatic rings. The first-order chi connectivity index (χ1) is 16.7. The SMILES string of the molecule is CCC1(C(=O)O)CCCN1C(=O)CCC(C)(C)NC(=O)OCC1c2ccccc2-c2ccccc21. The van der Waals surface area contributed by atoms with Gasteiger partial charge >= 0.3 is 12.1 Å². The van der Waals surface area contributed by atoms with E-state index in [1.54, 1.807) is 0 Å². The number of nitrogens with one attached hydrogen (secondary N) is 1. The van der Waals surface area contributed by atoms with E-state index >= 15 is 0 Å². The van der Waals surface area contributed by atoms with Crippen molar-refractivity contribution in [1.29, 1.82) is 0 Å². The second-order valence-electron chi connectivity index (χ2n) is 10.2. The number of rotatable bonds is 8. The summed E-state index contributed by atoms with van der Waals surface area (Å²) in [4.78, 5) is 39.0. The monoisotopic (exact) mass is 478 g/mol. The normalized spacial score (nSPS) is 19.2. The average Bonchev–Trinajstić information content (AvgIpc) is 3.41. The number of alkyl carbamates (subject to hydrolysis) is 1. The fourth-order valence-electron chi connectivity index (χ4n) is 5.51. The van der Waals surface area contributed by atoms with Crippen molar-refractivity contribution < 1.29 is 24.2 Å². The number of carboxylic acid groups (broad SMARTS) is 1. The van der Waals surface area contributed by atoms with E-state index < -0.39 is 23.1 Å². The minimum absolute atomic E-state index is 0.0220. The van der Waals surface area contributed by atoms with E-state index in [0.29, 0.717) is 32.2 Å². The van der Waals surface area contributed by atoms with Crippen molar-refractivity contribution >= 4 is 18.0 Å². The number of hydrogen-bond donors (Lipinski definition) is 2. The fourth-order valence-corrected chi connectivity index (χ4v) is 5.51. The van der Waals surface area contributed by atoms with Crippen LogP contribution in [0.25, 0.3) is 11.1 Å². The third kappa shape index (κ3) is 4.77. The summed E-state index contributed by atoms with van der Waals surface area (Å²) in [5, 5.41) is 12.6. The molecule has 0 aromatic heterocycles. The second-order valence-corrected chi connectivity index (χ2v) is 10.2. The highest BCUT2D eigenvalue weighted by Gasteiger charge is 2.48. The van der Waals surface area contributed by atoms with Gasteiger partial charge in [-0.1, -0.05) is 55.5 Å². The molecule has 0 radical (unpaired) electrons. The van der Waals surface area contributed by atoms with Crippen molar-refractivity contribution in [3.63, 3.8) is 0 Å². The van der Waals surface area contributed by atoms with Gasteiger partial charge in [-0.2, -0.15) is 0 Å². The van der Waals surface area contributed by atoms with E-state index in [0.717, 1.165) is 11.1 Å². The maximum Gasteiger partial charge on any atom is 0.407 e. The maximum absolute atomic E-state index is 12.9. The predicted molar refractivity (Wildman–Crippen MR) is 133 cm³/mol. The summed E-state index contributed by atoms with van der Waals surface area (Å²) < 4.78 is 5.64. The lowest BCUT2D eigenvalue weighted by molar-refractivity contribution is -0.157. The Morgan fingerprint density at radius 2 is 1.69 bits per heavy atom. The van der Waals surface area contributed by atoms with E-state index in [-0.39, 0.29) is 24.9 Å². The molecular formula is C28H34N2O5. The number of carbonyl (C=O) groups excluding carboxylic acids is 2. The first-order valence-corrected chi connectivity index (χ1v) is 12.4. The van der Waals surface area contributed by atoms with Crippen LogP contribution in [0.15, 0.2) is 48.5 Å². The largest absolute Gasteiger partial charge is 0.479 e. The summed E-state index contributed by atoms with van der Waals surface area (Å²) in [5.74, 6) is -1.15. The molecule has 1 heterocycles. The summed E-state index contributed by atoms with van der Waals surface area (Å²) in [5.41, 5.74) is 2.84. The molecule has 2 amide bonds. The molecule has 1 aliphatic carbocycles. The van der Waals surface area contributed by atoms with Crippen LogP contribution in [0, 0.1) is 0 Å². The quantitative estimate of drug-likeness (QED) is 0.560. The van der Waals surface area contributed by atoms with E-state index in [2.05, 4.69) is 29.6 Å². The van der Waals surface area contributed by atoms with Gasteiger partial charge in [-0.3, -0.25) is 4.79 Å². The van der Waals surface area contributed by atoms with E-state index in [9.17, 15) is 19.5 Å². The van der Waals surface area contributed by atoms with Crippen LogP contribution in [0.5, 0.6) is 0 Å². The molecule has 1 fully saturated rings. The zero-order valence-electron chi connectivity index (χ0n) is 20.7. The number of carbonyl (C=O) groups is 3. The number of nitrogens with zero attached hydrogens (tertiary/aromatic N) is 1. The highest BCUT2D eigenvalue weighted by atomic mass is 16.5. The molecule has 1 saturated heterocycles. The van der Waals surface area contributed by atoms with Crippen molar-refractivity contribution in [2.24, 2.45) is 0 Å². The molecule has 0 saturated carbocycles. The van der Waals surface area contributed by atoms with Crippen molar-refractivity contribution in [2.75, 3.05) is 13.2 Å². The summed E-state index contributed by atoms with van der Waals surface area (Å²) in [6.45, 7) is 6.17. The first kappa shape index (κ1) is 24.8. The predicted octanol–water partition coefficient (Wildman–Crippen LogP) is 4.94. The highest BCUT2D eigenvalue weighted by molar-refractivity contribution is 5.88. The van der Waals surface area contributed by atoms with E-state index in [1.807, 2.05) is 45.0 Å². The first-order valence-electron chi connectivity index (χ1n) is 12.4. The van der Waals surface area contributed by atoms with Crippen molar-refractivity contribution in [1.82, 2.24) is 10.2 Å². The molecule has 35 heavy (non-hydrogen) atoms. The van der Waals surface area contributed by atoms with Crippen molar-refractivity contribution in [3.8, 4) is 11.1 Å². The summed E-state index contributed by atoms with van der Waals surface area (Å²) >= 11 is 0. The lowest BCUT2D eigenvalue weighted by atomic mass is 9.92. The smallest absolute Gasteiger partial charge is 0.407 e. The number of carboxylic acids is 1. The number of likely N-dealkylation sites (tertiary alicyclic amines) is 1. The number of aliphatic carboxylic acids is 1. The Kier molecular flexibility index (Phi) is 6.88. The molecule has 2 aromatic carbocycles. The second kappa shape index (κ2) is 9.72. The maximum atomic E-state index is 12.9. The zero-order valence-corrected chi connectivity index (χ0v) is 20.7. The van der Waals surface area contributed by atoms with Gasteiger partial charge in [-0.25, -0.2) is 9.59 Å². The molecule has 7 heteroatoms. The summed E-state index contributed by atoms with van der Waals surface area (Å²) in [7, 11) is 0. The van der Waals surface area contributed by atoms with Crippen LogP contribution >= 0.6 is 0 Å². The Hall–Kier alpha value is -3.35. The Morgan fingerprint density at radius 1 is 1.09 bits per heavy atom. The fraction of sp³-hybridized carbons (Fsp3) is 0.464. The number of amides is 2. The van der Waals surface area contributed by atoms with Gasteiger partial charge in [0.1, 0.15) is 12.1 Å². The Bertz CT molecular complexity index is 1080. The van der Waals surface area contributed by atoms with Gasteiger partial charge < -0.3 is 20.1 Å².